The summed E-state index contributed by atoms with van der Waals surface area (Å²) in [6.07, 6.45) is 0. The molecule has 0 saturated heterocycles. The van der Waals surface area contributed by atoms with Crippen molar-refractivity contribution in [2.24, 2.45) is 5.34 Å². The third-order valence-electron chi connectivity index (χ3n) is 0. The molecule has 0 atom stereocenters. The summed E-state index contributed by atoms with van der Waals surface area (Å²) in [7, 11) is 14.8. The molecule has 0 spiro atoms. The van der Waals surface area contributed by atoms with E-state index in [1.807, 2.05) is 0 Å². The van der Waals surface area contributed by atoms with Gasteiger partial charge in [0, 0.05) is 0 Å². The molecule has 0 aliphatic rings. The number of halogens is 3. The van der Waals surface area contributed by atoms with E-state index in [1.165, 1.54) is 0 Å². The van der Waals surface area contributed by atoms with Gasteiger partial charge in [0.05, 0.1) is 0 Å². The maximum atomic E-state index is 8.00. The van der Waals surface area contributed by atoms with Crippen LogP contribution < -0.4 is 29.6 Å². The Morgan fingerprint density at radius 3 is 1.38 bits per heavy atom. The molecule has 0 heterocycles. The van der Waals surface area contributed by atoms with Crippen molar-refractivity contribution in [1.82, 2.24) is 0 Å². The van der Waals surface area contributed by atoms with E-state index in [-0.39, 0.29) is 29.6 Å². The van der Waals surface area contributed by atoms with Gasteiger partial charge in [-0.05, 0) is 0 Å². The molecule has 8 heteroatoms. The van der Waals surface area contributed by atoms with Crippen LogP contribution in [0, 0.1) is 10.1 Å². The van der Waals surface area contributed by atoms with E-state index in [2.05, 4.69) is 0 Å². The van der Waals surface area contributed by atoms with E-state index in [4.69, 9.17) is 40.3 Å². The Kier molecular flexibility index (Phi) is 32.7. The van der Waals surface area contributed by atoms with Gasteiger partial charge in [0.15, 0.2) is 0 Å². The summed E-state index contributed by atoms with van der Waals surface area (Å²) in [5.74, 6) is 0. The van der Waals surface area contributed by atoms with Gasteiger partial charge in [-0.25, -0.2) is 30.1 Å². The van der Waals surface area contributed by atoms with Gasteiger partial charge in [0.2, 0.25) is 0 Å². The van der Waals surface area contributed by atoms with E-state index in [0.29, 0.717) is 0 Å². The Labute approximate surface area is 85.5 Å². The van der Waals surface area contributed by atoms with Crippen molar-refractivity contribution in [2.75, 3.05) is 0 Å². The number of rotatable bonds is 0. The minimum Gasteiger partial charge on any atom is -0.444 e. The number of hydrogen-bond acceptors (Lipinski definition) is 3. The minimum absolute atomic E-state index is 0. The Balaban J connectivity index is -0.0000000575. The Bertz CT molecular complexity index is 41.5. The smallest absolute Gasteiger partial charge is 0.444 e. The molecule has 0 fully saturated rings. The van der Waals surface area contributed by atoms with Crippen LogP contribution in [0.2, 0.25) is 0 Å². The molecule has 8 heavy (non-hydrogen) atoms. The van der Waals surface area contributed by atoms with Crippen molar-refractivity contribution in [3.8, 4) is 0 Å². The topological polar surface area (TPSA) is 52.5 Å². The molecule has 0 aromatic carbocycles. The van der Waals surface area contributed by atoms with E-state index < -0.39 is 11.4 Å². The zero-order valence-corrected chi connectivity index (χ0v) is 9.40. The van der Waals surface area contributed by atoms with Crippen molar-refractivity contribution >= 4 is 41.5 Å². The van der Waals surface area contributed by atoms with Crippen LogP contribution in [0.3, 0.4) is 0 Å². The van der Waals surface area contributed by atoms with Gasteiger partial charge in [0.1, 0.15) is 0 Å². The zero-order chi connectivity index (χ0) is 6.28. The van der Waals surface area contributed by atoms with Crippen LogP contribution >= 0.6 is 30.1 Å². The third-order valence-corrected chi connectivity index (χ3v) is 0. The molecule has 0 unspecified atom stereocenters. The fourth-order valence-corrected chi connectivity index (χ4v) is 0. The first kappa shape index (κ1) is 16.4. The van der Waals surface area contributed by atoms with Gasteiger partial charge >= 0.3 is 40.9 Å². The molecule has 0 aliphatic carbocycles. The standard InChI is InChI=1S/Al.3ClH.HNO2.Na/c;;;;2-1-3;/h;3*1H;(H,2,3);/q+3;;;;;+1/p-4. The molecule has 0 amide bonds. The molecule has 0 aromatic rings. The Hall–Kier alpha value is 1.80. The summed E-state index contributed by atoms with van der Waals surface area (Å²) in [6, 6.07) is 0. The summed E-state index contributed by atoms with van der Waals surface area (Å²) in [4.78, 5) is 8.00. The average Bonchev–Trinajstić information content (AvgIpc) is 1.33. The second-order valence-electron chi connectivity index (χ2n) is 0.322. The summed E-state index contributed by atoms with van der Waals surface area (Å²) in [5, 5.41) is 9.00. The SMILES string of the molecule is O=N[O-].[Cl][Al]([Cl])[Cl].[Na+]. The van der Waals surface area contributed by atoms with Crippen LogP contribution in [0.4, 0.5) is 0 Å². The maximum Gasteiger partial charge on any atom is 1.00 e. The molecule has 0 aliphatic heterocycles. The largest absolute Gasteiger partial charge is 1.00 e. The summed E-state index contributed by atoms with van der Waals surface area (Å²) in [5.41, 5.74) is 0. The first-order chi connectivity index (χ1) is 3.15. The van der Waals surface area contributed by atoms with Crippen molar-refractivity contribution in [1.29, 1.82) is 0 Å². The Morgan fingerprint density at radius 2 is 1.38 bits per heavy atom. The van der Waals surface area contributed by atoms with Crippen LogP contribution in [-0.4, -0.2) is 11.4 Å². The molecule has 0 saturated carbocycles. The van der Waals surface area contributed by atoms with Gasteiger partial charge in [-0.2, -0.15) is 0 Å². The fourth-order valence-electron chi connectivity index (χ4n) is 0. The van der Waals surface area contributed by atoms with E-state index in [0.717, 1.165) is 5.34 Å². The summed E-state index contributed by atoms with van der Waals surface area (Å²) in [6.45, 7) is 0. The summed E-state index contributed by atoms with van der Waals surface area (Å²) >= 11 is -1.72. The van der Waals surface area contributed by atoms with Crippen LogP contribution in [0.15, 0.2) is 5.34 Å². The predicted octanol–water partition coefficient (Wildman–Crippen LogP) is -1.06. The molecule has 42 valence electrons. The van der Waals surface area contributed by atoms with Crippen LogP contribution in [0.25, 0.3) is 0 Å². The fraction of sp³-hybridized carbons (Fsp3) is 0. The Morgan fingerprint density at radius 1 is 1.38 bits per heavy atom. The van der Waals surface area contributed by atoms with E-state index in [9.17, 15) is 0 Å². The maximum absolute atomic E-state index is 8.00. The molecule has 0 aromatic heterocycles. The van der Waals surface area contributed by atoms with Gasteiger partial charge in [0.25, 0.3) is 0 Å². The van der Waals surface area contributed by atoms with Crippen LogP contribution in [-0.2, 0) is 0 Å². The van der Waals surface area contributed by atoms with Gasteiger partial charge < -0.3 is 10.1 Å². The molecular formula is AlCl3NNaO2. The van der Waals surface area contributed by atoms with E-state index >= 15 is 0 Å². The van der Waals surface area contributed by atoms with E-state index in [1.54, 1.807) is 0 Å². The molecular weight excluding hydrogens is 202 g/mol. The second-order valence-corrected chi connectivity index (χ2v) is 6.76. The monoisotopic (exact) mass is 201 g/mol. The number of nitrogens with zero attached hydrogens (tertiary/aromatic N) is 1. The quantitative estimate of drug-likeness (QED) is 0.286. The van der Waals surface area contributed by atoms with Crippen molar-refractivity contribution in [2.45, 2.75) is 0 Å². The van der Waals surface area contributed by atoms with Crippen molar-refractivity contribution in [3.05, 3.63) is 10.1 Å². The van der Waals surface area contributed by atoms with Crippen LogP contribution in [0.5, 0.6) is 0 Å². The molecule has 0 rings (SSSR count). The van der Waals surface area contributed by atoms with Gasteiger partial charge in [-0.15, -0.1) is 5.34 Å². The van der Waals surface area contributed by atoms with Crippen LogP contribution in [0.1, 0.15) is 0 Å². The molecule has 0 bridgehead atoms. The molecule has 3 nitrogen and oxygen atoms in total. The molecule has 0 N–H and O–H groups in total. The third kappa shape index (κ3) is 111. The van der Waals surface area contributed by atoms with Gasteiger partial charge in [-0.1, -0.05) is 0 Å². The first-order valence-electron chi connectivity index (χ1n) is 1.02. The van der Waals surface area contributed by atoms with Crippen molar-refractivity contribution < 1.29 is 29.6 Å². The van der Waals surface area contributed by atoms with Gasteiger partial charge in [-0.3, -0.25) is 0 Å². The normalized spacial score (nSPS) is 4.88. The second kappa shape index (κ2) is 15.9. The average molecular weight is 202 g/mol. The van der Waals surface area contributed by atoms with Crippen molar-refractivity contribution in [3.63, 3.8) is 0 Å². The first-order valence-corrected chi connectivity index (χ1v) is 6.26. The number of hydrogen-bond donors (Lipinski definition) is 0. The summed E-state index contributed by atoms with van der Waals surface area (Å²) < 4.78 is 0. The zero-order valence-electron chi connectivity index (χ0n) is 3.97. The molecule has 0 radical (unpaired) electrons. The minimum atomic E-state index is -1.72. The predicted molar refractivity (Wildman–Crippen MR) is 32.5 cm³/mol.